The van der Waals surface area contributed by atoms with Crippen molar-refractivity contribution >= 4 is 15.6 Å². The summed E-state index contributed by atoms with van der Waals surface area (Å²) in [5.41, 5.74) is 0.561. The lowest BCUT2D eigenvalue weighted by Gasteiger charge is -2.15. The molecule has 0 N–H and O–H groups in total. The number of hydrogen-bond acceptors (Lipinski definition) is 5. The highest BCUT2D eigenvalue weighted by Crippen LogP contribution is 2.13. The molecule has 0 unspecified atom stereocenters. The predicted molar refractivity (Wildman–Crippen MR) is 74.5 cm³/mol. The van der Waals surface area contributed by atoms with Crippen LogP contribution in [0.1, 0.15) is 10.4 Å². The van der Waals surface area contributed by atoms with Gasteiger partial charge in [-0.15, -0.1) is 0 Å². The Bertz CT molecular complexity index is 539. The smallest absolute Gasteiger partial charge is 0.176 e. The van der Waals surface area contributed by atoms with E-state index in [1.165, 1.54) is 6.26 Å². The fourth-order valence-corrected chi connectivity index (χ4v) is 2.18. The average molecular weight is 285 g/mol. The maximum atomic E-state index is 12.0. The summed E-state index contributed by atoms with van der Waals surface area (Å²) >= 11 is 0. The summed E-state index contributed by atoms with van der Waals surface area (Å²) in [5.74, 6) is 0.620. The first-order valence-corrected chi connectivity index (χ1v) is 7.91. The lowest BCUT2D eigenvalue weighted by Crippen LogP contribution is -2.30. The third-order valence-electron chi connectivity index (χ3n) is 2.65. The number of ether oxygens (including phenoxy) is 1. The molecule has 0 aromatic heterocycles. The van der Waals surface area contributed by atoms with Crippen LogP contribution in [0.25, 0.3) is 0 Å². The van der Waals surface area contributed by atoms with E-state index in [9.17, 15) is 13.2 Å². The molecule has 0 atom stereocenters. The Morgan fingerprint density at radius 2 is 2.05 bits per heavy atom. The monoisotopic (exact) mass is 285 g/mol. The van der Waals surface area contributed by atoms with E-state index >= 15 is 0 Å². The highest BCUT2D eigenvalue weighted by atomic mass is 32.2. The van der Waals surface area contributed by atoms with Crippen LogP contribution in [0.2, 0.25) is 0 Å². The summed E-state index contributed by atoms with van der Waals surface area (Å²) in [6.07, 6.45) is 1.19. The Morgan fingerprint density at radius 3 is 2.63 bits per heavy atom. The normalized spacial score (nSPS) is 11.6. The van der Waals surface area contributed by atoms with Gasteiger partial charge < -0.3 is 4.74 Å². The summed E-state index contributed by atoms with van der Waals surface area (Å²) in [5, 5.41) is 0. The van der Waals surface area contributed by atoms with Gasteiger partial charge in [-0.05, 0) is 19.2 Å². The Hall–Kier alpha value is -1.40. The number of likely N-dealkylation sites (N-methyl/N-ethyl adjacent to an activating group) is 1. The fourth-order valence-electron chi connectivity index (χ4n) is 1.53. The summed E-state index contributed by atoms with van der Waals surface area (Å²) in [6.45, 7) is 0.525. The van der Waals surface area contributed by atoms with Gasteiger partial charge in [0.2, 0.25) is 0 Å². The van der Waals surface area contributed by atoms with Gasteiger partial charge in [-0.25, -0.2) is 8.42 Å². The molecule has 106 valence electrons. The number of methoxy groups -OCH3 is 1. The molecular weight excluding hydrogens is 266 g/mol. The van der Waals surface area contributed by atoms with Crippen molar-refractivity contribution in [3.8, 4) is 5.75 Å². The Kier molecular flexibility index (Phi) is 5.50. The number of Topliss-reactive ketones (excluding diaryl/α,β-unsaturated/α-hetero) is 1. The van der Waals surface area contributed by atoms with E-state index < -0.39 is 9.84 Å². The van der Waals surface area contributed by atoms with Crippen LogP contribution >= 0.6 is 0 Å². The molecule has 19 heavy (non-hydrogen) atoms. The largest absolute Gasteiger partial charge is 0.497 e. The Labute approximate surface area is 114 Å². The third kappa shape index (κ3) is 5.85. The van der Waals surface area contributed by atoms with Gasteiger partial charge in [0.1, 0.15) is 15.6 Å². The summed E-state index contributed by atoms with van der Waals surface area (Å²) in [6, 6.07) is 6.91. The topological polar surface area (TPSA) is 63.7 Å². The molecule has 0 aliphatic carbocycles. The number of hydrogen-bond donors (Lipinski definition) is 0. The van der Waals surface area contributed by atoms with Crippen molar-refractivity contribution in [3.05, 3.63) is 29.8 Å². The molecule has 0 aliphatic heterocycles. The molecule has 0 saturated heterocycles. The molecule has 1 rings (SSSR count). The van der Waals surface area contributed by atoms with Crippen LogP contribution in [0.15, 0.2) is 24.3 Å². The zero-order valence-electron chi connectivity index (χ0n) is 11.4. The molecule has 0 bridgehead atoms. The average Bonchev–Trinajstić information content (AvgIpc) is 2.35. The van der Waals surface area contributed by atoms with E-state index in [0.717, 1.165) is 0 Å². The summed E-state index contributed by atoms with van der Waals surface area (Å²) < 4.78 is 27.2. The third-order valence-corrected chi connectivity index (χ3v) is 3.57. The van der Waals surface area contributed by atoms with Crippen LogP contribution in [0, 0.1) is 0 Å². The van der Waals surface area contributed by atoms with Crippen LogP contribution in [-0.4, -0.2) is 58.4 Å². The Morgan fingerprint density at radius 1 is 1.37 bits per heavy atom. The molecule has 5 nitrogen and oxygen atoms in total. The van der Waals surface area contributed by atoms with E-state index in [-0.39, 0.29) is 18.1 Å². The van der Waals surface area contributed by atoms with Crippen molar-refractivity contribution in [2.24, 2.45) is 0 Å². The van der Waals surface area contributed by atoms with Crippen molar-refractivity contribution in [3.63, 3.8) is 0 Å². The zero-order valence-corrected chi connectivity index (χ0v) is 12.2. The van der Waals surface area contributed by atoms with Gasteiger partial charge in [0.25, 0.3) is 0 Å². The van der Waals surface area contributed by atoms with Crippen molar-refractivity contribution in [1.82, 2.24) is 4.90 Å². The predicted octanol–water partition coefficient (Wildman–Crippen LogP) is 0.854. The van der Waals surface area contributed by atoms with Crippen LogP contribution in [-0.2, 0) is 9.84 Å². The molecule has 0 amide bonds. The van der Waals surface area contributed by atoms with E-state index in [2.05, 4.69) is 0 Å². The SMILES string of the molecule is COc1cccc(C(=O)CN(C)CCS(C)(=O)=O)c1. The molecule has 1 aromatic carbocycles. The molecule has 0 heterocycles. The van der Waals surface area contributed by atoms with Crippen LogP contribution in [0.3, 0.4) is 0 Å². The quantitative estimate of drug-likeness (QED) is 0.695. The minimum Gasteiger partial charge on any atom is -0.497 e. The number of nitrogens with zero attached hydrogens (tertiary/aromatic N) is 1. The summed E-state index contributed by atoms with van der Waals surface area (Å²) in [4.78, 5) is 13.7. The number of ketones is 1. The molecule has 0 radical (unpaired) electrons. The van der Waals surface area contributed by atoms with Gasteiger partial charge in [0.15, 0.2) is 5.78 Å². The molecule has 1 aromatic rings. The maximum Gasteiger partial charge on any atom is 0.176 e. The zero-order chi connectivity index (χ0) is 14.5. The number of carbonyl (C=O) groups excluding carboxylic acids is 1. The minimum absolute atomic E-state index is 0.0505. The summed E-state index contributed by atoms with van der Waals surface area (Å²) in [7, 11) is 0.266. The number of benzene rings is 1. The molecule has 0 spiro atoms. The standard InChI is InChI=1S/C13H19NO4S/c1-14(7-8-19(3,16)17)10-13(15)11-5-4-6-12(9-11)18-2/h4-6,9H,7-8,10H2,1-3H3. The van der Waals surface area contributed by atoms with E-state index in [4.69, 9.17) is 4.74 Å². The van der Waals surface area contributed by atoms with Crippen molar-refractivity contribution in [2.75, 3.05) is 39.3 Å². The first-order valence-electron chi connectivity index (χ1n) is 5.85. The van der Waals surface area contributed by atoms with Gasteiger partial charge in [-0.3, -0.25) is 9.69 Å². The molecule has 0 fully saturated rings. The first-order chi connectivity index (χ1) is 8.81. The first kappa shape index (κ1) is 15.7. The van der Waals surface area contributed by atoms with Crippen LogP contribution < -0.4 is 4.74 Å². The Balaban J connectivity index is 2.58. The van der Waals surface area contributed by atoms with E-state index in [1.54, 1.807) is 43.3 Å². The molecule has 6 heteroatoms. The van der Waals surface area contributed by atoms with Crippen molar-refractivity contribution in [2.45, 2.75) is 0 Å². The van der Waals surface area contributed by atoms with E-state index in [1.807, 2.05) is 0 Å². The molecule has 0 saturated carbocycles. The number of rotatable bonds is 7. The number of carbonyl (C=O) groups is 1. The lowest BCUT2D eigenvalue weighted by atomic mass is 10.1. The lowest BCUT2D eigenvalue weighted by molar-refractivity contribution is 0.0949. The highest BCUT2D eigenvalue weighted by Gasteiger charge is 2.12. The van der Waals surface area contributed by atoms with E-state index in [0.29, 0.717) is 17.9 Å². The maximum absolute atomic E-state index is 12.0. The van der Waals surface area contributed by atoms with Crippen molar-refractivity contribution < 1.29 is 17.9 Å². The van der Waals surface area contributed by atoms with Crippen LogP contribution in [0.5, 0.6) is 5.75 Å². The van der Waals surface area contributed by atoms with Gasteiger partial charge in [0.05, 0.1) is 19.4 Å². The second kappa shape index (κ2) is 6.68. The van der Waals surface area contributed by atoms with Crippen LogP contribution in [0.4, 0.5) is 0 Å². The van der Waals surface area contributed by atoms with Gasteiger partial charge >= 0.3 is 0 Å². The van der Waals surface area contributed by atoms with Gasteiger partial charge in [-0.2, -0.15) is 0 Å². The number of sulfone groups is 1. The fraction of sp³-hybridized carbons (Fsp3) is 0.462. The second-order valence-electron chi connectivity index (χ2n) is 4.52. The van der Waals surface area contributed by atoms with Gasteiger partial charge in [-0.1, -0.05) is 12.1 Å². The second-order valence-corrected chi connectivity index (χ2v) is 6.78. The highest BCUT2D eigenvalue weighted by molar-refractivity contribution is 7.90. The van der Waals surface area contributed by atoms with Gasteiger partial charge in [0, 0.05) is 18.4 Å². The minimum atomic E-state index is -3.00. The van der Waals surface area contributed by atoms with Crippen molar-refractivity contribution in [1.29, 1.82) is 0 Å². The molecule has 0 aliphatic rings. The molecular formula is C13H19NO4S.